The van der Waals surface area contributed by atoms with Gasteiger partial charge in [-0.05, 0) is 25.7 Å². The van der Waals surface area contributed by atoms with E-state index >= 15 is 0 Å². The predicted octanol–water partition coefficient (Wildman–Crippen LogP) is 3.43. The number of hydrogen-bond donors (Lipinski definition) is 0. The van der Waals surface area contributed by atoms with Crippen molar-refractivity contribution in [1.29, 1.82) is 0 Å². The molecule has 1 amide bonds. The zero-order valence-corrected chi connectivity index (χ0v) is 14.9. The first kappa shape index (κ1) is 15.7. The van der Waals surface area contributed by atoms with Crippen LogP contribution in [0.4, 0.5) is 0 Å². The van der Waals surface area contributed by atoms with Gasteiger partial charge in [-0.3, -0.25) is 4.79 Å². The fourth-order valence-electron chi connectivity index (χ4n) is 3.14. The Balaban J connectivity index is 1.45. The number of rotatable bonds is 5. The maximum absolute atomic E-state index is 12.7. The third-order valence-corrected chi connectivity index (χ3v) is 5.85. The summed E-state index contributed by atoms with van der Waals surface area (Å²) in [7, 11) is 0. The number of nitrogens with zero attached hydrogens (tertiary/aromatic N) is 4. The topological polar surface area (TPSA) is 72.1 Å². The van der Waals surface area contributed by atoms with Gasteiger partial charge in [-0.2, -0.15) is 4.98 Å². The summed E-state index contributed by atoms with van der Waals surface area (Å²) in [6, 6.07) is -0.0445. The Morgan fingerprint density at radius 3 is 2.92 bits per heavy atom. The summed E-state index contributed by atoms with van der Waals surface area (Å²) >= 11 is 1.63. The minimum Gasteiger partial charge on any atom is -0.339 e. The van der Waals surface area contributed by atoms with Crippen LogP contribution in [0.25, 0.3) is 0 Å². The van der Waals surface area contributed by atoms with Gasteiger partial charge in [0.15, 0.2) is 5.82 Å². The van der Waals surface area contributed by atoms with Crippen molar-refractivity contribution >= 4 is 17.2 Å². The Morgan fingerprint density at radius 1 is 1.38 bits per heavy atom. The molecule has 3 heterocycles. The monoisotopic (exact) mass is 346 g/mol. The molecular formula is C17H22N4O2S. The van der Waals surface area contributed by atoms with Crippen molar-refractivity contribution in [3.63, 3.8) is 0 Å². The molecule has 7 heteroatoms. The van der Waals surface area contributed by atoms with Gasteiger partial charge in [0.1, 0.15) is 0 Å². The standard InChI is InChI=1S/C17H22N4O2S/c1-10(2)17-18-12(9-24-17)8-14(22)21-7-3-4-13(21)15-19-16(23-20-15)11-5-6-11/h9-11,13H,3-8H2,1-2H3/t13-/m1/s1. The first-order valence-corrected chi connectivity index (χ1v) is 9.57. The summed E-state index contributed by atoms with van der Waals surface area (Å²) in [5, 5.41) is 7.22. The molecule has 1 aliphatic heterocycles. The van der Waals surface area contributed by atoms with E-state index in [0.29, 0.717) is 24.1 Å². The van der Waals surface area contributed by atoms with Crippen LogP contribution in [0.3, 0.4) is 0 Å². The molecular weight excluding hydrogens is 324 g/mol. The number of carbonyl (C=O) groups is 1. The van der Waals surface area contributed by atoms with E-state index < -0.39 is 0 Å². The molecule has 1 atom stereocenters. The summed E-state index contributed by atoms with van der Waals surface area (Å²) < 4.78 is 5.37. The lowest BCUT2D eigenvalue weighted by molar-refractivity contribution is -0.131. The summed E-state index contributed by atoms with van der Waals surface area (Å²) in [4.78, 5) is 23.7. The third-order valence-electron chi connectivity index (χ3n) is 4.65. The van der Waals surface area contributed by atoms with Gasteiger partial charge in [0.2, 0.25) is 11.8 Å². The Labute approximate surface area is 145 Å². The quantitative estimate of drug-likeness (QED) is 0.829. The van der Waals surface area contributed by atoms with Crippen LogP contribution in [0, 0.1) is 0 Å². The van der Waals surface area contributed by atoms with Crippen molar-refractivity contribution in [2.75, 3.05) is 6.54 Å². The van der Waals surface area contributed by atoms with Crippen LogP contribution in [-0.2, 0) is 11.2 Å². The third kappa shape index (κ3) is 3.09. The Hall–Kier alpha value is -1.76. The van der Waals surface area contributed by atoms with Crippen LogP contribution in [0.15, 0.2) is 9.90 Å². The van der Waals surface area contributed by atoms with Gasteiger partial charge < -0.3 is 9.42 Å². The van der Waals surface area contributed by atoms with E-state index in [4.69, 9.17) is 4.52 Å². The maximum atomic E-state index is 12.7. The minimum atomic E-state index is -0.0445. The van der Waals surface area contributed by atoms with E-state index in [1.54, 1.807) is 11.3 Å². The molecule has 0 spiro atoms. The molecule has 1 aliphatic carbocycles. The number of carbonyl (C=O) groups excluding carboxylic acids is 1. The normalized spacial score (nSPS) is 21.0. The summed E-state index contributed by atoms with van der Waals surface area (Å²) in [5.74, 6) is 2.37. The number of thiazole rings is 1. The van der Waals surface area contributed by atoms with Crippen molar-refractivity contribution in [2.45, 2.75) is 63.8 Å². The highest BCUT2D eigenvalue weighted by Gasteiger charge is 2.36. The van der Waals surface area contributed by atoms with Gasteiger partial charge in [-0.15, -0.1) is 11.3 Å². The van der Waals surface area contributed by atoms with Gasteiger partial charge in [0.05, 0.1) is 23.2 Å². The number of amides is 1. The molecule has 0 N–H and O–H groups in total. The van der Waals surface area contributed by atoms with Crippen molar-refractivity contribution in [1.82, 2.24) is 20.0 Å². The summed E-state index contributed by atoms with van der Waals surface area (Å²) in [5.41, 5.74) is 0.867. The Bertz CT molecular complexity index is 735. The van der Waals surface area contributed by atoms with Crippen molar-refractivity contribution in [3.05, 3.63) is 27.8 Å². The van der Waals surface area contributed by atoms with Crippen LogP contribution in [-0.4, -0.2) is 32.5 Å². The molecule has 2 aromatic rings. The molecule has 6 nitrogen and oxygen atoms in total. The van der Waals surface area contributed by atoms with Crippen LogP contribution >= 0.6 is 11.3 Å². The first-order valence-electron chi connectivity index (χ1n) is 8.69. The van der Waals surface area contributed by atoms with E-state index in [1.807, 2.05) is 10.3 Å². The molecule has 0 aromatic carbocycles. The molecule has 0 radical (unpaired) electrons. The van der Waals surface area contributed by atoms with Gasteiger partial charge in [0, 0.05) is 23.8 Å². The highest BCUT2D eigenvalue weighted by atomic mass is 32.1. The fourth-order valence-corrected chi connectivity index (χ4v) is 3.97. The number of aromatic nitrogens is 3. The molecule has 2 aromatic heterocycles. The van der Waals surface area contributed by atoms with Crippen molar-refractivity contribution in [2.24, 2.45) is 0 Å². The molecule has 1 saturated carbocycles. The molecule has 0 unspecified atom stereocenters. The van der Waals surface area contributed by atoms with E-state index in [9.17, 15) is 4.79 Å². The average Bonchev–Trinajstić information content (AvgIpc) is 2.98. The smallest absolute Gasteiger partial charge is 0.229 e. The van der Waals surface area contributed by atoms with E-state index in [2.05, 4.69) is 29.0 Å². The fraction of sp³-hybridized carbons (Fsp3) is 0.647. The minimum absolute atomic E-state index is 0.0445. The largest absolute Gasteiger partial charge is 0.339 e. The van der Waals surface area contributed by atoms with E-state index in [0.717, 1.165) is 48.8 Å². The number of likely N-dealkylation sites (tertiary alicyclic amines) is 1. The lowest BCUT2D eigenvalue weighted by Crippen LogP contribution is -2.32. The molecule has 0 bridgehead atoms. The van der Waals surface area contributed by atoms with Crippen LogP contribution in [0.2, 0.25) is 0 Å². The second-order valence-corrected chi connectivity index (χ2v) is 7.91. The van der Waals surface area contributed by atoms with Gasteiger partial charge >= 0.3 is 0 Å². The van der Waals surface area contributed by atoms with Crippen LogP contribution in [0.5, 0.6) is 0 Å². The second-order valence-electron chi connectivity index (χ2n) is 7.02. The molecule has 1 saturated heterocycles. The zero-order chi connectivity index (χ0) is 16.7. The summed E-state index contributed by atoms with van der Waals surface area (Å²) in [6.45, 7) is 5.00. The summed E-state index contributed by atoms with van der Waals surface area (Å²) in [6.07, 6.45) is 4.52. The highest BCUT2D eigenvalue weighted by molar-refractivity contribution is 7.09. The maximum Gasteiger partial charge on any atom is 0.229 e. The molecule has 4 rings (SSSR count). The van der Waals surface area contributed by atoms with Gasteiger partial charge in [-0.1, -0.05) is 19.0 Å². The predicted molar refractivity (Wildman–Crippen MR) is 89.9 cm³/mol. The lowest BCUT2D eigenvalue weighted by Gasteiger charge is -2.21. The van der Waals surface area contributed by atoms with E-state index in [-0.39, 0.29) is 11.9 Å². The van der Waals surface area contributed by atoms with Crippen molar-refractivity contribution in [3.8, 4) is 0 Å². The Morgan fingerprint density at radius 2 is 2.21 bits per heavy atom. The average molecular weight is 346 g/mol. The van der Waals surface area contributed by atoms with Crippen molar-refractivity contribution < 1.29 is 9.32 Å². The molecule has 24 heavy (non-hydrogen) atoms. The van der Waals surface area contributed by atoms with E-state index in [1.165, 1.54) is 0 Å². The number of hydrogen-bond acceptors (Lipinski definition) is 6. The zero-order valence-electron chi connectivity index (χ0n) is 14.1. The first-order chi connectivity index (χ1) is 11.6. The van der Waals surface area contributed by atoms with Crippen LogP contribution < -0.4 is 0 Å². The lowest BCUT2D eigenvalue weighted by atomic mass is 10.2. The SMILES string of the molecule is CC(C)c1nc(CC(=O)N2CCC[C@@H]2c2noc(C3CC3)n2)cs1. The second kappa shape index (κ2) is 6.27. The molecule has 2 fully saturated rings. The molecule has 128 valence electrons. The van der Waals surface area contributed by atoms with Gasteiger partial charge in [-0.25, -0.2) is 4.98 Å². The highest BCUT2D eigenvalue weighted by Crippen LogP contribution is 2.40. The van der Waals surface area contributed by atoms with Crippen LogP contribution in [0.1, 0.15) is 79.8 Å². The Kier molecular flexibility index (Phi) is 4.12. The molecule has 2 aliphatic rings. The van der Waals surface area contributed by atoms with Gasteiger partial charge in [0.25, 0.3) is 0 Å².